The number of hydrogen-bond acceptors (Lipinski definition) is 2. The fraction of sp³-hybridized carbons (Fsp3) is 0.102. The molecule has 2 nitrogen and oxygen atoms in total. The Morgan fingerprint density at radius 3 is 1.58 bits per heavy atom. The van der Waals surface area contributed by atoms with Crippen molar-refractivity contribution in [1.82, 2.24) is 0 Å². The van der Waals surface area contributed by atoms with Crippen molar-refractivity contribution in [3.63, 3.8) is 0 Å². The second kappa shape index (κ2) is 11.4. The Morgan fingerprint density at radius 1 is 0.453 bits per heavy atom. The number of hydrogen-bond donors (Lipinski definition) is 0. The van der Waals surface area contributed by atoms with Crippen LogP contribution in [0.4, 0.5) is 31.5 Å². The summed E-state index contributed by atoms with van der Waals surface area (Å²) >= 11 is 0. The third-order valence-electron chi connectivity index (χ3n) is 11.9. The summed E-state index contributed by atoms with van der Waals surface area (Å²) in [6.45, 7) is 0. The molecule has 0 fully saturated rings. The molecule has 0 N–H and O–H groups in total. The van der Waals surface area contributed by atoms with Gasteiger partial charge in [0.05, 0.1) is 5.41 Å². The molecule has 2 heterocycles. The van der Waals surface area contributed by atoms with E-state index in [1.807, 2.05) is 58.3 Å². The van der Waals surface area contributed by atoms with Crippen LogP contribution in [0.1, 0.15) is 33.4 Å². The van der Waals surface area contributed by atoms with Gasteiger partial charge in [-0.1, -0.05) is 133 Å². The van der Waals surface area contributed by atoms with Gasteiger partial charge in [0.15, 0.2) is 12.6 Å². The third kappa shape index (κ3) is 4.18. The van der Waals surface area contributed by atoms with Crippen molar-refractivity contribution in [1.29, 1.82) is 0 Å². The van der Waals surface area contributed by atoms with Crippen LogP contribution in [0.15, 0.2) is 170 Å². The van der Waals surface area contributed by atoms with Crippen LogP contribution < -0.4 is 9.80 Å². The van der Waals surface area contributed by atoms with Crippen molar-refractivity contribution in [2.45, 2.75) is 30.8 Å². The van der Waals surface area contributed by atoms with E-state index in [-0.39, 0.29) is 0 Å². The lowest BCUT2D eigenvalue weighted by molar-refractivity contribution is 0.353. The SMILES string of the molecule is FC1Cc2ccccc2N1c1ccc2c(c1)C(c1ccccc1)(c1ccccc1)c1c-2c2ccccc2c2cc(N3c4ccccc4CC3F)ccc12. The average Bonchev–Trinajstić information content (AvgIpc) is 3.84. The first-order chi connectivity index (χ1) is 26.1. The zero-order chi connectivity index (χ0) is 35.3. The summed E-state index contributed by atoms with van der Waals surface area (Å²) in [6, 6.07) is 59.2. The molecule has 0 bridgehead atoms. The summed E-state index contributed by atoms with van der Waals surface area (Å²) in [7, 11) is 0. The molecule has 0 saturated heterocycles. The molecule has 0 radical (unpaired) electrons. The van der Waals surface area contributed by atoms with E-state index < -0.39 is 18.0 Å². The van der Waals surface area contributed by atoms with Gasteiger partial charge in [-0.25, -0.2) is 8.78 Å². The van der Waals surface area contributed by atoms with Crippen LogP contribution in [-0.4, -0.2) is 12.6 Å². The summed E-state index contributed by atoms with van der Waals surface area (Å²) in [5.41, 5.74) is 11.7. The summed E-state index contributed by atoms with van der Waals surface area (Å²) in [6.07, 6.45) is -1.58. The highest BCUT2D eigenvalue weighted by Gasteiger charge is 2.49. The number of rotatable bonds is 4. The number of halogens is 2. The Morgan fingerprint density at radius 2 is 0.962 bits per heavy atom. The molecule has 4 heteroatoms. The van der Waals surface area contributed by atoms with Gasteiger partial charge in [0.1, 0.15) is 0 Å². The molecular weight excluding hydrogens is 655 g/mol. The fourth-order valence-corrected chi connectivity index (χ4v) is 9.77. The van der Waals surface area contributed by atoms with E-state index in [9.17, 15) is 0 Å². The molecule has 0 spiro atoms. The predicted molar refractivity (Wildman–Crippen MR) is 213 cm³/mol. The smallest absolute Gasteiger partial charge is 0.180 e. The lowest BCUT2D eigenvalue weighted by Crippen LogP contribution is -2.29. The largest absolute Gasteiger partial charge is 0.310 e. The first-order valence-electron chi connectivity index (χ1n) is 18.4. The monoisotopic (exact) mass is 688 g/mol. The number of para-hydroxylation sites is 2. The van der Waals surface area contributed by atoms with E-state index in [1.165, 1.54) is 11.1 Å². The van der Waals surface area contributed by atoms with Gasteiger partial charge in [-0.15, -0.1) is 0 Å². The first-order valence-corrected chi connectivity index (χ1v) is 18.4. The van der Waals surface area contributed by atoms with Gasteiger partial charge in [0, 0.05) is 35.6 Å². The highest BCUT2D eigenvalue weighted by Crippen LogP contribution is 2.61. The standard InChI is InChI=1S/C49H34F2N2/c50-45-27-31-13-7-11-21-43(31)52(45)35-23-25-39-41(29-35)37-19-9-10-20-38(37)47-40-26-24-36(53-44-22-12-8-14-32(44)28-46(53)51)30-42(40)49(48(39)47,33-15-3-1-4-16-33)34-17-5-2-6-18-34/h1-26,29-30,45-46H,27-28H2. The Bertz CT molecular complexity index is 2700. The van der Waals surface area contributed by atoms with Crippen LogP contribution in [0.3, 0.4) is 0 Å². The van der Waals surface area contributed by atoms with Crippen LogP contribution in [-0.2, 0) is 18.3 Å². The van der Waals surface area contributed by atoms with Crippen molar-refractivity contribution in [2.24, 2.45) is 0 Å². The maximum atomic E-state index is 16.1. The van der Waals surface area contributed by atoms with Crippen LogP contribution in [0.5, 0.6) is 0 Å². The fourth-order valence-electron chi connectivity index (χ4n) is 9.77. The molecular formula is C49H34F2N2. The Kier molecular flexibility index (Phi) is 6.52. The van der Waals surface area contributed by atoms with E-state index in [0.29, 0.717) is 12.8 Å². The molecule has 3 aliphatic rings. The molecule has 0 saturated carbocycles. The van der Waals surface area contributed by atoms with Crippen molar-refractivity contribution in [3.8, 4) is 11.1 Å². The average molecular weight is 689 g/mol. The topological polar surface area (TPSA) is 6.48 Å². The van der Waals surface area contributed by atoms with Crippen molar-refractivity contribution in [2.75, 3.05) is 9.80 Å². The van der Waals surface area contributed by atoms with Crippen molar-refractivity contribution in [3.05, 3.63) is 203 Å². The zero-order valence-corrected chi connectivity index (χ0v) is 28.9. The van der Waals surface area contributed by atoms with Gasteiger partial charge in [0.25, 0.3) is 0 Å². The normalized spacial score (nSPS) is 17.9. The number of nitrogens with zero attached hydrogens (tertiary/aromatic N) is 2. The molecule has 11 rings (SSSR count). The molecule has 8 aromatic carbocycles. The van der Waals surface area contributed by atoms with Gasteiger partial charge in [-0.2, -0.15) is 0 Å². The maximum absolute atomic E-state index is 16.1. The van der Waals surface area contributed by atoms with Crippen molar-refractivity contribution < 1.29 is 8.78 Å². The number of fused-ring (bicyclic) bond motifs is 10. The molecule has 8 aromatic rings. The minimum atomic E-state index is -1.16. The first kappa shape index (κ1) is 30.4. The van der Waals surface area contributed by atoms with Crippen LogP contribution >= 0.6 is 0 Å². The molecule has 0 amide bonds. The quantitative estimate of drug-likeness (QED) is 0.134. The molecule has 2 aliphatic heterocycles. The summed E-state index contributed by atoms with van der Waals surface area (Å²) in [4.78, 5) is 3.71. The van der Waals surface area contributed by atoms with Gasteiger partial charge in [0.2, 0.25) is 0 Å². The molecule has 2 atom stereocenters. The van der Waals surface area contributed by atoms with Gasteiger partial charge < -0.3 is 9.80 Å². The lowest BCUT2D eigenvalue weighted by atomic mass is 9.66. The molecule has 254 valence electrons. The Hall–Kier alpha value is -6.26. The highest BCUT2D eigenvalue weighted by molar-refractivity contribution is 6.20. The van der Waals surface area contributed by atoms with E-state index in [1.54, 1.807) is 0 Å². The van der Waals surface area contributed by atoms with Gasteiger partial charge in [-0.3, -0.25) is 0 Å². The Balaban J connectivity index is 1.26. The minimum absolute atomic E-state index is 0.356. The molecule has 0 aromatic heterocycles. The lowest BCUT2D eigenvalue weighted by Gasteiger charge is -2.35. The zero-order valence-electron chi connectivity index (χ0n) is 28.9. The number of benzene rings is 8. The van der Waals surface area contributed by atoms with E-state index in [0.717, 1.165) is 77.7 Å². The molecule has 2 unspecified atom stereocenters. The van der Waals surface area contributed by atoms with Gasteiger partial charge >= 0.3 is 0 Å². The number of alkyl halides is 2. The molecule has 1 aliphatic carbocycles. The van der Waals surface area contributed by atoms with E-state index in [4.69, 9.17) is 0 Å². The van der Waals surface area contributed by atoms with Crippen LogP contribution in [0.2, 0.25) is 0 Å². The van der Waals surface area contributed by atoms with E-state index >= 15 is 8.78 Å². The predicted octanol–water partition coefficient (Wildman–Crippen LogP) is 12.3. The van der Waals surface area contributed by atoms with Crippen LogP contribution in [0.25, 0.3) is 32.7 Å². The highest BCUT2D eigenvalue weighted by atomic mass is 19.1. The second-order valence-corrected chi connectivity index (χ2v) is 14.5. The van der Waals surface area contributed by atoms with Crippen LogP contribution in [0, 0.1) is 0 Å². The Labute approximate surface area is 307 Å². The summed E-state index contributed by atoms with van der Waals surface area (Å²) < 4.78 is 32.0. The molecule has 53 heavy (non-hydrogen) atoms. The third-order valence-corrected chi connectivity index (χ3v) is 11.9. The van der Waals surface area contributed by atoms with Crippen molar-refractivity contribution >= 4 is 44.3 Å². The summed E-state index contributed by atoms with van der Waals surface area (Å²) in [5, 5.41) is 4.46. The second-order valence-electron chi connectivity index (χ2n) is 14.5. The maximum Gasteiger partial charge on any atom is 0.180 e. The number of anilines is 4. The minimum Gasteiger partial charge on any atom is -0.310 e. The van der Waals surface area contributed by atoms with Gasteiger partial charge in [-0.05, 0) is 102 Å². The van der Waals surface area contributed by atoms with E-state index in [2.05, 4.69) is 121 Å². The summed E-state index contributed by atoms with van der Waals surface area (Å²) in [5.74, 6) is 0.